The number of rotatable bonds is 10. The number of alkyl halides is 3. The summed E-state index contributed by atoms with van der Waals surface area (Å²) in [5, 5.41) is 4.28. The molecule has 0 saturated carbocycles. The van der Waals surface area contributed by atoms with Gasteiger partial charge in [0.15, 0.2) is 6.10 Å². The Kier molecular flexibility index (Phi) is 14.1. The number of likely N-dealkylation sites (tertiary alicyclic amines) is 2. The number of hydrogen-bond acceptors (Lipinski definition) is 9. The number of fused-ring (bicyclic) bond motifs is 1. The van der Waals surface area contributed by atoms with Gasteiger partial charge < -0.3 is 35.4 Å². The van der Waals surface area contributed by atoms with Crippen molar-refractivity contribution in [1.82, 2.24) is 24.7 Å². The van der Waals surface area contributed by atoms with Crippen LogP contribution >= 0.6 is 11.6 Å². The molecule has 14 nitrogen and oxygen atoms in total. The second-order valence-electron chi connectivity index (χ2n) is 15.9. The monoisotopic (exact) mass is 845 g/mol. The van der Waals surface area contributed by atoms with Crippen LogP contribution in [0.2, 0.25) is 5.02 Å². The maximum atomic E-state index is 14.2. The molecule has 2 aromatic rings. The summed E-state index contributed by atoms with van der Waals surface area (Å²) in [6.45, 7) is 1.98. The largest absolute Gasteiger partial charge is 0.436 e. The minimum Gasteiger partial charge on any atom is -0.436 e. The Balaban J connectivity index is 1.10. The number of likely N-dealkylation sites (N-methyl/N-ethyl adjacent to an activating group) is 1. The topological polar surface area (TPSA) is 158 Å². The van der Waals surface area contributed by atoms with Gasteiger partial charge in [0.25, 0.3) is 5.91 Å². The molecule has 6 rings (SSSR count). The van der Waals surface area contributed by atoms with Crippen LogP contribution < -0.4 is 11.1 Å². The molecule has 3 atom stereocenters. The van der Waals surface area contributed by atoms with Gasteiger partial charge in [0.2, 0.25) is 5.91 Å². The summed E-state index contributed by atoms with van der Waals surface area (Å²) in [5.41, 5.74) is 5.73. The van der Waals surface area contributed by atoms with E-state index in [1.54, 1.807) is 29.0 Å². The average Bonchev–Trinajstić information content (AvgIpc) is 3.38. The highest BCUT2D eigenvalue weighted by Gasteiger charge is 2.40. The van der Waals surface area contributed by atoms with E-state index in [9.17, 15) is 37.1 Å². The Bertz CT molecular complexity index is 1910. The fourth-order valence-electron chi connectivity index (χ4n) is 8.60. The van der Waals surface area contributed by atoms with Crippen LogP contribution in [-0.2, 0) is 43.0 Å². The van der Waals surface area contributed by atoms with Crippen molar-refractivity contribution in [3.63, 3.8) is 0 Å². The number of nitrogens with one attached hydrogen (secondary N) is 1. The molecule has 59 heavy (non-hydrogen) atoms. The fraction of sp³-hybridized carbons (Fsp3) is 0.561. The Hall–Kier alpha value is -4.83. The summed E-state index contributed by atoms with van der Waals surface area (Å²) in [7, 11) is 3.26. The van der Waals surface area contributed by atoms with Crippen LogP contribution in [0.3, 0.4) is 0 Å². The van der Waals surface area contributed by atoms with Crippen molar-refractivity contribution in [2.24, 2.45) is 11.8 Å². The van der Waals surface area contributed by atoms with Crippen molar-refractivity contribution in [3.05, 3.63) is 64.2 Å². The lowest BCUT2D eigenvalue weighted by molar-refractivity contribution is -0.201. The van der Waals surface area contributed by atoms with Gasteiger partial charge in [0.05, 0.1) is 22.3 Å². The first-order valence-electron chi connectivity index (χ1n) is 20.0. The van der Waals surface area contributed by atoms with E-state index in [4.69, 9.17) is 26.9 Å². The van der Waals surface area contributed by atoms with E-state index in [0.717, 1.165) is 23.7 Å². The molecule has 18 heteroatoms. The molecule has 320 valence electrons. The Labute approximate surface area is 346 Å². The Morgan fingerprint density at radius 2 is 1.68 bits per heavy atom. The van der Waals surface area contributed by atoms with Crippen LogP contribution in [0, 0.1) is 11.8 Å². The first-order valence-corrected chi connectivity index (χ1v) is 20.4. The standard InChI is InChI=1S/C41H51ClF3N7O7/c1-48(2)36(54)25-58-52-19-10-29(24-31(52)13-20-53)27-7-14-49(15-8-27)38(55)35(23-26-21-32(41(43,44)45)37(46)33(42)22-26)59-40(57)50-16-11-30(12-17-50)51-18-9-28-5-3-4-6-34(28)47-39(51)56/h3-6,13,21-22,27,29-31,35H,7-12,14-19,23-25,46H2,1-2H3,(H,47,56)/t29?,31?,35-/m1/s1. The molecule has 0 aliphatic carbocycles. The van der Waals surface area contributed by atoms with Crippen molar-refractivity contribution in [3.8, 4) is 0 Å². The number of ether oxygens (including phenoxy) is 1. The van der Waals surface area contributed by atoms with Crippen molar-refractivity contribution < 1.29 is 46.7 Å². The summed E-state index contributed by atoms with van der Waals surface area (Å²) in [5.74, 6) is 1.49. The summed E-state index contributed by atoms with van der Waals surface area (Å²) in [6, 6.07) is 8.98. The lowest BCUT2D eigenvalue weighted by Gasteiger charge is -2.42. The molecule has 5 amide bonds. The van der Waals surface area contributed by atoms with Crippen molar-refractivity contribution in [1.29, 1.82) is 0 Å². The van der Waals surface area contributed by atoms with E-state index >= 15 is 0 Å². The van der Waals surface area contributed by atoms with Gasteiger partial charge in [0.1, 0.15) is 12.5 Å². The third-order valence-electron chi connectivity index (χ3n) is 12.0. The first kappa shape index (κ1) is 43.7. The van der Waals surface area contributed by atoms with Crippen LogP contribution in [0.25, 0.3) is 0 Å². The molecule has 3 saturated heterocycles. The van der Waals surface area contributed by atoms with Gasteiger partial charge >= 0.3 is 18.3 Å². The molecule has 3 N–H and O–H groups in total. The number of benzene rings is 2. The third kappa shape index (κ3) is 10.7. The van der Waals surface area contributed by atoms with Gasteiger partial charge in [-0.1, -0.05) is 29.8 Å². The molecular weight excluding hydrogens is 795 g/mol. The number of anilines is 2. The number of nitrogens with zero attached hydrogens (tertiary/aromatic N) is 5. The SMILES string of the molecule is CN(C)C(=O)CON1CCC(C2CCN(C(=O)[C@@H](Cc3cc(Cl)c(N)c(C(F)(F)F)c3)OC(=O)N3CCC(N4CCc5ccccc5NC4=O)CC3)CC2)CC1C=C=O. The van der Waals surface area contributed by atoms with E-state index in [-0.39, 0.29) is 72.6 Å². The predicted molar refractivity (Wildman–Crippen MR) is 213 cm³/mol. The van der Waals surface area contributed by atoms with Gasteiger partial charge in [-0.3, -0.25) is 14.4 Å². The van der Waals surface area contributed by atoms with Gasteiger partial charge in [0, 0.05) is 77.6 Å². The van der Waals surface area contributed by atoms with Gasteiger partial charge in [-0.05, 0) is 86.1 Å². The Morgan fingerprint density at radius 3 is 2.36 bits per heavy atom. The molecule has 2 aromatic carbocycles. The highest BCUT2D eigenvalue weighted by atomic mass is 35.5. The number of hydrogen-bond donors (Lipinski definition) is 2. The number of carbonyl (C=O) groups is 4. The Morgan fingerprint density at radius 1 is 1.00 bits per heavy atom. The molecule has 4 aliphatic heterocycles. The number of hydroxylamine groups is 2. The highest BCUT2D eigenvalue weighted by molar-refractivity contribution is 6.33. The zero-order valence-electron chi connectivity index (χ0n) is 33.2. The second-order valence-corrected chi connectivity index (χ2v) is 16.3. The van der Waals surface area contributed by atoms with Gasteiger partial charge in [-0.15, -0.1) is 0 Å². The maximum absolute atomic E-state index is 14.2. The number of nitrogens with two attached hydrogens (primary N) is 1. The highest BCUT2D eigenvalue weighted by Crippen LogP contribution is 2.39. The number of amides is 5. The van der Waals surface area contributed by atoms with Crippen LogP contribution in [0.4, 0.5) is 34.1 Å². The summed E-state index contributed by atoms with van der Waals surface area (Å²) in [6.07, 6.45) is -1.85. The quantitative estimate of drug-likeness (QED) is 0.240. The fourth-order valence-corrected chi connectivity index (χ4v) is 8.84. The molecule has 4 aliphatic rings. The third-order valence-corrected chi connectivity index (χ3v) is 12.3. The molecule has 4 heterocycles. The normalized spacial score (nSPS) is 21.5. The minimum atomic E-state index is -4.81. The zero-order chi connectivity index (χ0) is 42.4. The number of urea groups is 1. The van der Waals surface area contributed by atoms with Gasteiger partial charge in [-0.25, -0.2) is 14.4 Å². The molecule has 0 bridgehead atoms. The summed E-state index contributed by atoms with van der Waals surface area (Å²) >= 11 is 6.14. The van der Waals surface area contributed by atoms with E-state index in [1.165, 1.54) is 21.9 Å². The molecular formula is C41H51ClF3N7O7. The number of carbonyl (C=O) groups excluding carboxylic acids is 5. The predicted octanol–water partition coefficient (Wildman–Crippen LogP) is 5.27. The molecule has 0 aromatic heterocycles. The number of halogens is 4. The van der Waals surface area contributed by atoms with E-state index < -0.39 is 35.5 Å². The number of para-hydroxylation sites is 1. The first-order chi connectivity index (χ1) is 28.1. The van der Waals surface area contributed by atoms with E-state index in [2.05, 4.69) is 5.32 Å². The molecule has 0 spiro atoms. The lowest BCUT2D eigenvalue weighted by atomic mass is 9.77. The zero-order valence-corrected chi connectivity index (χ0v) is 34.0. The maximum Gasteiger partial charge on any atom is 0.418 e. The average molecular weight is 846 g/mol. The smallest absolute Gasteiger partial charge is 0.418 e. The van der Waals surface area contributed by atoms with Crippen molar-refractivity contribution in [2.75, 3.05) is 71.0 Å². The van der Waals surface area contributed by atoms with Crippen LogP contribution in [-0.4, -0.2) is 133 Å². The van der Waals surface area contributed by atoms with Crippen molar-refractivity contribution >= 4 is 52.9 Å². The minimum absolute atomic E-state index is 0.0278. The van der Waals surface area contributed by atoms with E-state index in [1.807, 2.05) is 30.2 Å². The number of nitrogen functional groups attached to an aromatic ring is 1. The van der Waals surface area contributed by atoms with Gasteiger partial charge in [-0.2, -0.15) is 18.2 Å². The van der Waals surface area contributed by atoms with Crippen molar-refractivity contribution in [2.45, 2.75) is 75.7 Å². The summed E-state index contributed by atoms with van der Waals surface area (Å²) in [4.78, 5) is 76.5. The molecule has 0 radical (unpaired) electrons. The lowest BCUT2D eigenvalue weighted by Crippen LogP contribution is -2.52. The number of piperidine rings is 3. The van der Waals surface area contributed by atoms with Crippen LogP contribution in [0.5, 0.6) is 0 Å². The second kappa shape index (κ2) is 19.0. The molecule has 2 unspecified atom stereocenters. The molecule has 3 fully saturated rings. The summed E-state index contributed by atoms with van der Waals surface area (Å²) < 4.78 is 47.7. The van der Waals surface area contributed by atoms with Crippen LogP contribution in [0.15, 0.2) is 42.5 Å². The van der Waals surface area contributed by atoms with E-state index in [0.29, 0.717) is 64.7 Å². The van der Waals surface area contributed by atoms with Crippen LogP contribution in [0.1, 0.15) is 55.2 Å².